The van der Waals surface area contributed by atoms with Crippen LogP contribution in [0.3, 0.4) is 0 Å². The van der Waals surface area contributed by atoms with Crippen LogP contribution in [-0.2, 0) is 4.74 Å². The van der Waals surface area contributed by atoms with Crippen LogP contribution in [-0.4, -0.2) is 37.7 Å². The van der Waals surface area contributed by atoms with E-state index in [0.717, 1.165) is 32.8 Å². The number of fused-ring (bicyclic) bond motifs is 1. The molecular formula is C16H20N2O. The monoisotopic (exact) mass is 256 g/mol. The lowest BCUT2D eigenvalue weighted by molar-refractivity contribution is 0.0352. The molecule has 2 aromatic carbocycles. The minimum Gasteiger partial charge on any atom is -0.379 e. The van der Waals surface area contributed by atoms with Crippen molar-refractivity contribution in [3.63, 3.8) is 0 Å². The first-order chi connectivity index (χ1) is 9.33. The molecule has 3 heteroatoms. The summed E-state index contributed by atoms with van der Waals surface area (Å²) in [6.07, 6.45) is 0. The first-order valence-corrected chi connectivity index (χ1v) is 6.87. The fraction of sp³-hybridized carbons (Fsp3) is 0.375. The van der Waals surface area contributed by atoms with E-state index in [9.17, 15) is 0 Å². The minimum atomic E-state index is 0.0720. The molecule has 3 rings (SSSR count). The molecule has 0 spiro atoms. The summed E-state index contributed by atoms with van der Waals surface area (Å²) in [5, 5.41) is 2.53. The normalized spacial score (nSPS) is 18.6. The topological polar surface area (TPSA) is 38.5 Å². The van der Waals surface area contributed by atoms with Gasteiger partial charge in [-0.25, -0.2) is 0 Å². The van der Waals surface area contributed by atoms with Crippen LogP contribution in [0.4, 0.5) is 0 Å². The lowest BCUT2D eigenvalue weighted by Gasteiger charge is -2.29. The predicted molar refractivity (Wildman–Crippen MR) is 78.1 cm³/mol. The summed E-state index contributed by atoms with van der Waals surface area (Å²) in [5.41, 5.74) is 7.55. The molecule has 0 saturated carbocycles. The van der Waals surface area contributed by atoms with Crippen LogP contribution in [0, 0.1) is 0 Å². The standard InChI is InChI=1S/C16H20N2O/c17-16(12-18-7-9-19-10-8-18)15-6-5-13-3-1-2-4-14(13)11-15/h1-6,11,16H,7-10,12,17H2. The average Bonchev–Trinajstić information content (AvgIpc) is 2.48. The molecule has 1 heterocycles. The van der Waals surface area contributed by atoms with Crippen molar-refractivity contribution in [2.24, 2.45) is 5.73 Å². The molecule has 0 radical (unpaired) electrons. The van der Waals surface area contributed by atoms with Gasteiger partial charge in [0.15, 0.2) is 0 Å². The quantitative estimate of drug-likeness (QED) is 0.914. The smallest absolute Gasteiger partial charge is 0.0594 e. The minimum absolute atomic E-state index is 0.0720. The molecular weight excluding hydrogens is 236 g/mol. The van der Waals surface area contributed by atoms with Crippen LogP contribution in [0.5, 0.6) is 0 Å². The summed E-state index contributed by atoms with van der Waals surface area (Å²) in [6.45, 7) is 4.53. The average molecular weight is 256 g/mol. The molecule has 3 nitrogen and oxygen atoms in total. The first kappa shape index (κ1) is 12.6. The van der Waals surface area contributed by atoms with Crippen LogP contribution in [0.15, 0.2) is 42.5 Å². The number of morpholine rings is 1. The van der Waals surface area contributed by atoms with Crippen molar-refractivity contribution in [2.75, 3.05) is 32.8 Å². The van der Waals surface area contributed by atoms with Crippen LogP contribution in [0.25, 0.3) is 10.8 Å². The van der Waals surface area contributed by atoms with Gasteiger partial charge in [-0.2, -0.15) is 0 Å². The zero-order chi connectivity index (χ0) is 13.1. The van der Waals surface area contributed by atoms with Gasteiger partial charge >= 0.3 is 0 Å². The van der Waals surface area contributed by atoms with Gasteiger partial charge in [0.2, 0.25) is 0 Å². The summed E-state index contributed by atoms with van der Waals surface area (Å²) in [7, 11) is 0. The first-order valence-electron chi connectivity index (χ1n) is 6.87. The van der Waals surface area contributed by atoms with E-state index in [1.54, 1.807) is 0 Å². The van der Waals surface area contributed by atoms with Gasteiger partial charge in [-0.15, -0.1) is 0 Å². The number of hydrogen-bond acceptors (Lipinski definition) is 3. The Labute approximate surface area is 114 Å². The highest BCUT2D eigenvalue weighted by Crippen LogP contribution is 2.20. The van der Waals surface area contributed by atoms with Crippen molar-refractivity contribution in [3.8, 4) is 0 Å². The van der Waals surface area contributed by atoms with Gasteiger partial charge in [0, 0.05) is 25.7 Å². The maximum Gasteiger partial charge on any atom is 0.0594 e. The number of hydrogen-bond donors (Lipinski definition) is 1. The molecule has 100 valence electrons. The van der Waals surface area contributed by atoms with Crippen molar-refractivity contribution >= 4 is 10.8 Å². The summed E-state index contributed by atoms with van der Waals surface area (Å²) in [5.74, 6) is 0. The third-order valence-corrected chi connectivity index (χ3v) is 3.76. The summed E-state index contributed by atoms with van der Waals surface area (Å²) in [6, 6.07) is 15.0. The summed E-state index contributed by atoms with van der Waals surface area (Å²) >= 11 is 0. The molecule has 0 amide bonds. The SMILES string of the molecule is NC(CN1CCOCC1)c1ccc2ccccc2c1. The fourth-order valence-electron chi connectivity index (χ4n) is 2.61. The van der Waals surface area contributed by atoms with E-state index >= 15 is 0 Å². The van der Waals surface area contributed by atoms with Gasteiger partial charge in [0.1, 0.15) is 0 Å². The van der Waals surface area contributed by atoms with Crippen molar-refractivity contribution < 1.29 is 4.74 Å². The predicted octanol–water partition coefficient (Wildman–Crippen LogP) is 2.17. The molecule has 0 aromatic heterocycles. The molecule has 1 fully saturated rings. The number of ether oxygens (including phenoxy) is 1. The van der Waals surface area contributed by atoms with Crippen LogP contribution in [0.1, 0.15) is 11.6 Å². The lowest BCUT2D eigenvalue weighted by Crippen LogP contribution is -2.40. The largest absolute Gasteiger partial charge is 0.379 e. The molecule has 0 aliphatic carbocycles. The van der Waals surface area contributed by atoms with Crippen molar-refractivity contribution in [3.05, 3.63) is 48.0 Å². The molecule has 1 atom stereocenters. The molecule has 2 aromatic rings. The van der Waals surface area contributed by atoms with Gasteiger partial charge < -0.3 is 10.5 Å². The summed E-state index contributed by atoms with van der Waals surface area (Å²) < 4.78 is 5.36. The highest BCUT2D eigenvalue weighted by molar-refractivity contribution is 5.83. The second-order valence-corrected chi connectivity index (χ2v) is 5.13. The van der Waals surface area contributed by atoms with Crippen molar-refractivity contribution in [1.29, 1.82) is 0 Å². The fourth-order valence-corrected chi connectivity index (χ4v) is 2.61. The third kappa shape index (κ3) is 2.95. The molecule has 1 unspecified atom stereocenters. The van der Waals surface area contributed by atoms with Crippen LogP contribution < -0.4 is 5.73 Å². The Morgan fingerprint density at radius 3 is 2.58 bits per heavy atom. The van der Waals surface area contributed by atoms with E-state index in [-0.39, 0.29) is 6.04 Å². The van der Waals surface area contributed by atoms with E-state index in [1.165, 1.54) is 16.3 Å². The van der Waals surface area contributed by atoms with E-state index in [1.807, 2.05) is 0 Å². The van der Waals surface area contributed by atoms with Gasteiger partial charge in [-0.1, -0.05) is 36.4 Å². The second-order valence-electron chi connectivity index (χ2n) is 5.13. The highest BCUT2D eigenvalue weighted by atomic mass is 16.5. The maximum absolute atomic E-state index is 6.33. The number of nitrogens with two attached hydrogens (primary N) is 1. The Morgan fingerprint density at radius 2 is 1.79 bits per heavy atom. The molecule has 1 aliphatic heterocycles. The zero-order valence-electron chi connectivity index (χ0n) is 11.1. The molecule has 19 heavy (non-hydrogen) atoms. The number of nitrogens with zero attached hydrogens (tertiary/aromatic N) is 1. The Balaban J connectivity index is 1.75. The Bertz CT molecular complexity index is 549. The van der Waals surface area contributed by atoms with E-state index in [2.05, 4.69) is 47.4 Å². The van der Waals surface area contributed by atoms with Gasteiger partial charge in [-0.3, -0.25) is 4.90 Å². The molecule has 0 bridgehead atoms. The zero-order valence-corrected chi connectivity index (χ0v) is 11.1. The van der Waals surface area contributed by atoms with Crippen LogP contribution in [0.2, 0.25) is 0 Å². The Morgan fingerprint density at radius 1 is 1.05 bits per heavy atom. The Kier molecular flexibility index (Phi) is 3.78. The number of rotatable bonds is 3. The molecule has 1 aliphatic rings. The second kappa shape index (κ2) is 5.70. The van der Waals surface area contributed by atoms with E-state index in [4.69, 9.17) is 10.5 Å². The number of benzene rings is 2. The third-order valence-electron chi connectivity index (χ3n) is 3.76. The van der Waals surface area contributed by atoms with Crippen LogP contribution >= 0.6 is 0 Å². The lowest BCUT2D eigenvalue weighted by atomic mass is 10.0. The van der Waals surface area contributed by atoms with Gasteiger partial charge in [0.25, 0.3) is 0 Å². The maximum atomic E-state index is 6.33. The summed E-state index contributed by atoms with van der Waals surface area (Å²) in [4.78, 5) is 2.38. The van der Waals surface area contributed by atoms with Crippen molar-refractivity contribution in [1.82, 2.24) is 4.90 Å². The van der Waals surface area contributed by atoms with Gasteiger partial charge in [0.05, 0.1) is 13.2 Å². The van der Waals surface area contributed by atoms with E-state index in [0.29, 0.717) is 0 Å². The van der Waals surface area contributed by atoms with Gasteiger partial charge in [-0.05, 0) is 22.4 Å². The highest BCUT2D eigenvalue weighted by Gasteiger charge is 2.15. The van der Waals surface area contributed by atoms with E-state index < -0.39 is 0 Å². The van der Waals surface area contributed by atoms with Crippen molar-refractivity contribution in [2.45, 2.75) is 6.04 Å². The molecule has 2 N–H and O–H groups in total. The molecule has 1 saturated heterocycles. The Hall–Kier alpha value is -1.42.